The van der Waals surface area contributed by atoms with Crippen LogP contribution in [0.15, 0.2) is 6.33 Å². The molecular formula is C9H16N4. The van der Waals surface area contributed by atoms with Crippen molar-refractivity contribution in [1.82, 2.24) is 9.97 Å². The van der Waals surface area contributed by atoms with Crippen molar-refractivity contribution >= 4 is 11.6 Å². The van der Waals surface area contributed by atoms with Crippen LogP contribution in [-0.4, -0.2) is 24.1 Å². The van der Waals surface area contributed by atoms with E-state index in [0.717, 1.165) is 24.2 Å². The van der Waals surface area contributed by atoms with E-state index < -0.39 is 0 Å². The molecule has 0 aliphatic heterocycles. The number of rotatable bonds is 3. The first-order valence-corrected chi connectivity index (χ1v) is 4.43. The zero-order chi connectivity index (χ0) is 9.84. The Hall–Kier alpha value is -1.32. The van der Waals surface area contributed by atoms with Gasteiger partial charge >= 0.3 is 0 Å². The van der Waals surface area contributed by atoms with Crippen LogP contribution in [-0.2, 0) is 6.42 Å². The van der Waals surface area contributed by atoms with Crippen LogP contribution in [0.1, 0.15) is 18.9 Å². The molecule has 0 fully saturated rings. The molecule has 4 heteroatoms. The monoisotopic (exact) mass is 180 g/mol. The summed E-state index contributed by atoms with van der Waals surface area (Å²) < 4.78 is 0. The fourth-order valence-corrected chi connectivity index (χ4v) is 1.29. The summed E-state index contributed by atoms with van der Waals surface area (Å²) in [6.07, 6.45) is 3.49. The molecule has 0 unspecified atom stereocenters. The normalized spacial score (nSPS) is 10.1. The van der Waals surface area contributed by atoms with E-state index in [-0.39, 0.29) is 0 Å². The second-order valence-corrected chi connectivity index (χ2v) is 3.21. The lowest BCUT2D eigenvalue weighted by Crippen LogP contribution is -2.15. The van der Waals surface area contributed by atoms with Gasteiger partial charge in [-0.1, -0.05) is 13.3 Å². The standard InChI is InChI=1S/C9H16N4/c1-4-5-7-8(10)11-6-12-9(7)13(2)3/h6H,4-5H2,1-3H3,(H2,10,11,12). The van der Waals surface area contributed by atoms with Crippen LogP contribution in [0.2, 0.25) is 0 Å². The molecule has 0 amide bonds. The molecule has 0 atom stereocenters. The number of nitrogens with zero attached hydrogens (tertiary/aromatic N) is 3. The van der Waals surface area contributed by atoms with Gasteiger partial charge in [-0.25, -0.2) is 9.97 Å². The molecule has 0 aliphatic carbocycles. The van der Waals surface area contributed by atoms with Crippen molar-refractivity contribution < 1.29 is 0 Å². The molecule has 13 heavy (non-hydrogen) atoms. The van der Waals surface area contributed by atoms with Gasteiger partial charge in [0.1, 0.15) is 18.0 Å². The first-order valence-electron chi connectivity index (χ1n) is 4.43. The molecular weight excluding hydrogens is 164 g/mol. The van der Waals surface area contributed by atoms with Crippen LogP contribution in [0.3, 0.4) is 0 Å². The number of anilines is 2. The molecule has 1 heterocycles. The molecule has 4 nitrogen and oxygen atoms in total. The van der Waals surface area contributed by atoms with Crippen LogP contribution in [0, 0.1) is 0 Å². The summed E-state index contributed by atoms with van der Waals surface area (Å²) in [6.45, 7) is 2.12. The van der Waals surface area contributed by atoms with Crippen molar-refractivity contribution in [2.24, 2.45) is 0 Å². The molecule has 2 N–H and O–H groups in total. The van der Waals surface area contributed by atoms with Crippen LogP contribution in [0.25, 0.3) is 0 Å². The third-order valence-corrected chi connectivity index (χ3v) is 1.88. The van der Waals surface area contributed by atoms with E-state index in [0.29, 0.717) is 5.82 Å². The zero-order valence-corrected chi connectivity index (χ0v) is 8.41. The van der Waals surface area contributed by atoms with E-state index in [1.54, 1.807) is 0 Å². The summed E-state index contributed by atoms with van der Waals surface area (Å²) in [5.74, 6) is 1.52. The summed E-state index contributed by atoms with van der Waals surface area (Å²) >= 11 is 0. The second-order valence-electron chi connectivity index (χ2n) is 3.21. The van der Waals surface area contributed by atoms with Crippen LogP contribution >= 0.6 is 0 Å². The zero-order valence-electron chi connectivity index (χ0n) is 8.41. The summed E-state index contributed by atoms with van der Waals surface area (Å²) in [4.78, 5) is 10.1. The molecule has 1 aromatic rings. The molecule has 1 rings (SSSR count). The molecule has 1 aromatic heterocycles. The highest BCUT2D eigenvalue weighted by atomic mass is 15.2. The van der Waals surface area contributed by atoms with Crippen molar-refractivity contribution in [3.8, 4) is 0 Å². The van der Waals surface area contributed by atoms with Crippen LogP contribution in [0.4, 0.5) is 11.6 Å². The third kappa shape index (κ3) is 2.08. The average Bonchev–Trinajstić information content (AvgIpc) is 2.08. The number of nitrogen functional groups attached to an aromatic ring is 1. The SMILES string of the molecule is CCCc1c(N)ncnc1N(C)C. The minimum Gasteiger partial charge on any atom is -0.383 e. The lowest BCUT2D eigenvalue weighted by Gasteiger charge is -2.16. The average molecular weight is 180 g/mol. The molecule has 0 radical (unpaired) electrons. The Morgan fingerprint density at radius 1 is 1.38 bits per heavy atom. The lowest BCUT2D eigenvalue weighted by atomic mass is 10.1. The highest BCUT2D eigenvalue weighted by Crippen LogP contribution is 2.20. The van der Waals surface area contributed by atoms with E-state index in [4.69, 9.17) is 5.73 Å². The van der Waals surface area contributed by atoms with Gasteiger partial charge in [0.2, 0.25) is 0 Å². The third-order valence-electron chi connectivity index (χ3n) is 1.88. The number of hydrogen-bond acceptors (Lipinski definition) is 4. The van der Waals surface area contributed by atoms with Crippen molar-refractivity contribution in [3.63, 3.8) is 0 Å². The molecule has 0 saturated heterocycles. The summed E-state index contributed by atoms with van der Waals surface area (Å²) in [5.41, 5.74) is 6.82. The summed E-state index contributed by atoms with van der Waals surface area (Å²) in [5, 5.41) is 0. The quantitative estimate of drug-likeness (QED) is 0.756. The number of hydrogen-bond donors (Lipinski definition) is 1. The van der Waals surface area contributed by atoms with Gasteiger partial charge < -0.3 is 10.6 Å². The van der Waals surface area contributed by atoms with Crippen LogP contribution in [0.5, 0.6) is 0 Å². The van der Waals surface area contributed by atoms with Gasteiger partial charge in [-0.3, -0.25) is 0 Å². The van der Waals surface area contributed by atoms with Gasteiger partial charge in [0.15, 0.2) is 0 Å². The highest BCUT2D eigenvalue weighted by Gasteiger charge is 2.08. The Labute approximate surface area is 78.8 Å². The van der Waals surface area contributed by atoms with E-state index in [1.807, 2.05) is 19.0 Å². The highest BCUT2D eigenvalue weighted by molar-refractivity contribution is 5.55. The lowest BCUT2D eigenvalue weighted by molar-refractivity contribution is 0.889. The summed E-state index contributed by atoms with van der Waals surface area (Å²) in [7, 11) is 3.92. The number of aromatic nitrogens is 2. The maximum Gasteiger partial charge on any atom is 0.136 e. The Bertz CT molecular complexity index is 283. The van der Waals surface area contributed by atoms with E-state index in [2.05, 4.69) is 16.9 Å². The molecule has 0 aliphatic rings. The Morgan fingerprint density at radius 2 is 2.08 bits per heavy atom. The van der Waals surface area contributed by atoms with Crippen molar-refractivity contribution in [2.45, 2.75) is 19.8 Å². The van der Waals surface area contributed by atoms with E-state index >= 15 is 0 Å². The van der Waals surface area contributed by atoms with E-state index in [9.17, 15) is 0 Å². The van der Waals surface area contributed by atoms with Crippen molar-refractivity contribution in [3.05, 3.63) is 11.9 Å². The first kappa shape index (κ1) is 9.77. The van der Waals surface area contributed by atoms with Gasteiger partial charge in [0.05, 0.1) is 0 Å². The minimum atomic E-state index is 0.598. The smallest absolute Gasteiger partial charge is 0.136 e. The topological polar surface area (TPSA) is 55.0 Å². The maximum atomic E-state index is 5.77. The predicted molar refractivity (Wildman–Crippen MR) is 54.8 cm³/mol. The molecule has 0 bridgehead atoms. The molecule has 0 saturated carbocycles. The minimum absolute atomic E-state index is 0.598. The van der Waals surface area contributed by atoms with Gasteiger partial charge in [-0.15, -0.1) is 0 Å². The Balaban J connectivity index is 3.09. The molecule has 0 aromatic carbocycles. The Morgan fingerprint density at radius 3 is 2.62 bits per heavy atom. The molecule has 0 spiro atoms. The second kappa shape index (κ2) is 4.07. The maximum absolute atomic E-state index is 5.77. The number of nitrogens with two attached hydrogens (primary N) is 1. The summed E-state index contributed by atoms with van der Waals surface area (Å²) in [6, 6.07) is 0. The van der Waals surface area contributed by atoms with Crippen LogP contribution < -0.4 is 10.6 Å². The van der Waals surface area contributed by atoms with Gasteiger partial charge in [0.25, 0.3) is 0 Å². The van der Waals surface area contributed by atoms with Crippen molar-refractivity contribution in [1.29, 1.82) is 0 Å². The first-order chi connectivity index (χ1) is 6.16. The largest absolute Gasteiger partial charge is 0.383 e. The Kier molecular flexibility index (Phi) is 3.06. The predicted octanol–water partition coefficient (Wildman–Crippen LogP) is 1.08. The molecule has 72 valence electrons. The van der Waals surface area contributed by atoms with Gasteiger partial charge in [-0.2, -0.15) is 0 Å². The van der Waals surface area contributed by atoms with Gasteiger partial charge in [0, 0.05) is 19.7 Å². The fourth-order valence-electron chi connectivity index (χ4n) is 1.29. The van der Waals surface area contributed by atoms with Crippen molar-refractivity contribution in [2.75, 3.05) is 24.7 Å². The van der Waals surface area contributed by atoms with E-state index in [1.165, 1.54) is 6.33 Å². The fraction of sp³-hybridized carbons (Fsp3) is 0.556. The van der Waals surface area contributed by atoms with Gasteiger partial charge in [-0.05, 0) is 6.42 Å².